The first-order valence-electron chi connectivity index (χ1n) is 8.12. The van der Waals surface area contributed by atoms with Crippen molar-refractivity contribution in [2.24, 2.45) is 5.92 Å². The predicted molar refractivity (Wildman–Crippen MR) is 90.1 cm³/mol. The molecule has 1 unspecified atom stereocenters. The van der Waals surface area contributed by atoms with E-state index >= 15 is 0 Å². The first-order valence-corrected chi connectivity index (χ1v) is 9.73. The molecule has 0 amide bonds. The molecule has 0 saturated carbocycles. The van der Waals surface area contributed by atoms with Crippen LogP contribution in [0, 0.1) is 5.92 Å². The SMILES string of the molecule is CCS(=O)(=O)N1CCC(C(=O)OC(C)C(=O)c2ccccc2)CC1. The van der Waals surface area contributed by atoms with Gasteiger partial charge in [0.1, 0.15) is 0 Å². The van der Waals surface area contributed by atoms with Gasteiger partial charge < -0.3 is 4.74 Å². The average Bonchev–Trinajstić information content (AvgIpc) is 2.61. The number of nitrogens with zero attached hydrogens (tertiary/aromatic N) is 1. The molecule has 1 atom stereocenters. The van der Waals surface area contributed by atoms with Gasteiger partial charge in [-0.1, -0.05) is 30.3 Å². The molecule has 1 aliphatic heterocycles. The van der Waals surface area contributed by atoms with E-state index < -0.39 is 22.1 Å². The molecule has 1 saturated heterocycles. The van der Waals surface area contributed by atoms with Crippen LogP contribution in [0.2, 0.25) is 0 Å². The Balaban J connectivity index is 1.89. The second-order valence-corrected chi connectivity index (χ2v) is 8.14. The van der Waals surface area contributed by atoms with Gasteiger partial charge in [0.05, 0.1) is 11.7 Å². The molecule has 6 nitrogen and oxygen atoms in total. The zero-order valence-corrected chi connectivity index (χ0v) is 14.8. The highest BCUT2D eigenvalue weighted by Crippen LogP contribution is 2.22. The molecule has 7 heteroatoms. The highest BCUT2D eigenvalue weighted by molar-refractivity contribution is 7.89. The Labute approximate surface area is 142 Å². The summed E-state index contributed by atoms with van der Waals surface area (Å²) in [5.74, 6) is -0.973. The molecule has 1 fully saturated rings. The van der Waals surface area contributed by atoms with Crippen molar-refractivity contribution >= 4 is 21.8 Å². The molecule has 24 heavy (non-hydrogen) atoms. The highest BCUT2D eigenvalue weighted by Gasteiger charge is 2.32. The summed E-state index contributed by atoms with van der Waals surface area (Å²) in [5.41, 5.74) is 0.502. The van der Waals surface area contributed by atoms with Gasteiger partial charge in [0.25, 0.3) is 0 Å². The minimum Gasteiger partial charge on any atom is -0.454 e. The minimum absolute atomic E-state index is 0.0602. The summed E-state index contributed by atoms with van der Waals surface area (Å²) in [6.07, 6.45) is -0.00783. The van der Waals surface area contributed by atoms with Gasteiger partial charge in [-0.25, -0.2) is 12.7 Å². The average molecular weight is 353 g/mol. The summed E-state index contributed by atoms with van der Waals surface area (Å²) in [7, 11) is -3.22. The predicted octanol–water partition coefficient (Wildman–Crippen LogP) is 1.86. The van der Waals surface area contributed by atoms with Crippen LogP contribution < -0.4 is 0 Å². The third-order valence-electron chi connectivity index (χ3n) is 4.27. The van der Waals surface area contributed by atoms with Crippen LogP contribution in [-0.4, -0.2) is 49.4 Å². The van der Waals surface area contributed by atoms with Gasteiger partial charge in [-0.05, 0) is 26.7 Å². The Morgan fingerprint density at radius 2 is 1.79 bits per heavy atom. The summed E-state index contributed by atoms with van der Waals surface area (Å²) in [4.78, 5) is 24.4. The van der Waals surface area contributed by atoms with Crippen LogP contribution in [0.4, 0.5) is 0 Å². The van der Waals surface area contributed by atoms with Gasteiger partial charge in [0, 0.05) is 18.7 Å². The summed E-state index contributed by atoms with van der Waals surface area (Å²) in [5, 5.41) is 0. The van der Waals surface area contributed by atoms with Gasteiger partial charge in [-0.15, -0.1) is 0 Å². The van der Waals surface area contributed by atoms with Crippen LogP contribution in [0.3, 0.4) is 0 Å². The number of carbonyl (C=O) groups is 2. The fourth-order valence-corrected chi connectivity index (χ4v) is 3.85. The number of Topliss-reactive ketones (excluding diaryl/α,β-unsaturated/α-hetero) is 1. The number of hydrogen-bond acceptors (Lipinski definition) is 5. The lowest BCUT2D eigenvalue weighted by molar-refractivity contribution is -0.152. The Kier molecular flexibility index (Phi) is 6.12. The van der Waals surface area contributed by atoms with Crippen molar-refractivity contribution in [1.82, 2.24) is 4.31 Å². The maximum absolute atomic E-state index is 12.2. The zero-order valence-electron chi connectivity index (χ0n) is 14.0. The normalized spacial score (nSPS) is 18.1. The van der Waals surface area contributed by atoms with Crippen LogP contribution in [0.15, 0.2) is 30.3 Å². The molecular formula is C17H23NO5S. The van der Waals surface area contributed by atoms with E-state index in [4.69, 9.17) is 4.74 Å². The van der Waals surface area contributed by atoms with Crippen molar-refractivity contribution < 1.29 is 22.7 Å². The van der Waals surface area contributed by atoms with E-state index in [0.717, 1.165) is 0 Å². The van der Waals surface area contributed by atoms with E-state index in [1.165, 1.54) is 4.31 Å². The Hall–Kier alpha value is -1.73. The number of ketones is 1. The molecule has 0 N–H and O–H groups in total. The number of benzene rings is 1. The van der Waals surface area contributed by atoms with Crippen LogP contribution >= 0.6 is 0 Å². The molecular weight excluding hydrogens is 330 g/mol. The molecule has 132 valence electrons. The summed E-state index contributed by atoms with van der Waals surface area (Å²) < 4.78 is 30.3. The second-order valence-electron chi connectivity index (χ2n) is 5.88. The largest absolute Gasteiger partial charge is 0.454 e. The van der Waals surface area contributed by atoms with Crippen molar-refractivity contribution in [2.45, 2.75) is 32.8 Å². The van der Waals surface area contributed by atoms with Crippen molar-refractivity contribution in [3.8, 4) is 0 Å². The number of sulfonamides is 1. The number of rotatable bonds is 6. The summed E-state index contributed by atoms with van der Waals surface area (Å²) >= 11 is 0. The Bertz CT molecular complexity index is 678. The molecule has 0 aliphatic carbocycles. The van der Waals surface area contributed by atoms with Crippen molar-refractivity contribution in [3.63, 3.8) is 0 Å². The topological polar surface area (TPSA) is 80.8 Å². The second kappa shape index (κ2) is 7.90. The van der Waals surface area contributed by atoms with E-state index in [1.54, 1.807) is 38.1 Å². The maximum atomic E-state index is 12.2. The smallest absolute Gasteiger partial charge is 0.309 e. The molecule has 1 aromatic carbocycles. The highest BCUT2D eigenvalue weighted by atomic mass is 32.2. The number of carbonyl (C=O) groups excluding carboxylic acids is 2. The molecule has 2 rings (SSSR count). The van der Waals surface area contributed by atoms with Gasteiger partial charge in [0.15, 0.2) is 6.10 Å². The van der Waals surface area contributed by atoms with E-state index in [0.29, 0.717) is 31.5 Å². The third-order valence-corrected chi connectivity index (χ3v) is 6.15. The lowest BCUT2D eigenvalue weighted by atomic mass is 9.98. The van der Waals surface area contributed by atoms with Crippen LogP contribution in [0.5, 0.6) is 0 Å². The number of hydrogen-bond donors (Lipinski definition) is 0. The van der Waals surface area contributed by atoms with Gasteiger partial charge in [-0.3, -0.25) is 9.59 Å². The Morgan fingerprint density at radius 3 is 2.33 bits per heavy atom. The minimum atomic E-state index is -3.22. The van der Waals surface area contributed by atoms with Crippen LogP contribution in [-0.2, 0) is 19.6 Å². The zero-order chi connectivity index (χ0) is 17.7. The maximum Gasteiger partial charge on any atom is 0.309 e. The molecule has 0 aromatic heterocycles. The van der Waals surface area contributed by atoms with Gasteiger partial charge >= 0.3 is 5.97 Å². The van der Waals surface area contributed by atoms with Gasteiger partial charge in [-0.2, -0.15) is 0 Å². The van der Waals surface area contributed by atoms with Crippen molar-refractivity contribution in [3.05, 3.63) is 35.9 Å². The van der Waals surface area contributed by atoms with E-state index in [1.807, 2.05) is 6.07 Å². The fraction of sp³-hybridized carbons (Fsp3) is 0.529. The van der Waals surface area contributed by atoms with E-state index in [2.05, 4.69) is 0 Å². The monoisotopic (exact) mass is 353 g/mol. The number of ether oxygens (including phenoxy) is 1. The third kappa shape index (κ3) is 4.42. The van der Waals surface area contributed by atoms with Gasteiger partial charge in [0.2, 0.25) is 15.8 Å². The molecule has 0 bridgehead atoms. The van der Waals surface area contributed by atoms with E-state index in [-0.39, 0.29) is 17.5 Å². The first kappa shape index (κ1) is 18.6. The molecule has 1 aromatic rings. The number of esters is 1. The standard InChI is InChI=1S/C17H23NO5S/c1-3-24(21,22)18-11-9-15(10-12-18)17(20)23-13(2)16(19)14-7-5-4-6-8-14/h4-8,13,15H,3,9-12H2,1-2H3. The molecule has 0 radical (unpaired) electrons. The lowest BCUT2D eigenvalue weighted by Crippen LogP contribution is -2.42. The summed E-state index contributed by atoms with van der Waals surface area (Å²) in [6, 6.07) is 8.68. The Morgan fingerprint density at radius 1 is 1.21 bits per heavy atom. The van der Waals surface area contributed by atoms with Crippen LogP contribution in [0.25, 0.3) is 0 Å². The molecule has 0 spiro atoms. The van der Waals surface area contributed by atoms with Crippen LogP contribution in [0.1, 0.15) is 37.0 Å². The van der Waals surface area contributed by atoms with Crippen molar-refractivity contribution in [1.29, 1.82) is 0 Å². The molecule has 1 aliphatic rings. The lowest BCUT2D eigenvalue weighted by Gasteiger charge is -2.30. The first-order chi connectivity index (χ1) is 11.3. The summed E-state index contributed by atoms with van der Waals surface area (Å²) in [6.45, 7) is 3.80. The fourth-order valence-electron chi connectivity index (χ4n) is 2.71. The van der Waals surface area contributed by atoms with Crippen molar-refractivity contribution in [2.75, 3.05) is 18.8 Å². The quantitative estimate of drug-likeness (QED) is 0.576. The number of piperidine rings is 1. The molecule has 1 heterocycles. The van der Waals surface area contributed by atoms with E-state index in [9.17, 15) is 18.0 Å².